The third-order valence-corrected chi connectivity index (χ3v) is 3.92. The maximum atomic E-state index is 5.84. The number of para-hydroxylation sites is 1. The van der Waals surface area contributed by atoms with E-state index in [9.17, 15) is 0 Å². The average molecular weight is 277 g/mol. The van der Waals surface area contributed by atoms with Crippen molar-refractivity contribution in [3.8, 4) is 5.75 Å². The predicted molar refractivity (Wildman–Crippen MR) is 83.0 cm³/mol. The molecule has 112 valence electrons. The molecule has 1 aliphatic heterocycles. The number of nitrogens with zero attached hydrogens (tertiary/aromatic N) is 2. The molecule has 0 aromatic heterocycles. The average Bonchev–Trinajstić information content (AvgIpc) is 2.99. The molecule has 1 aromatic carbocycles. The topological polar surface area (TPSA) is 41.7 Å². The van der Waals surface area contributed by atoms with Crippen LogP contribution in [0.3, 0.4) is 0 Å². The summed E-state index contributed by atoms with van der Waals surface area (Å²) in [5, 5.41) is 0. The van der Waals surface area contributed by atoms with Gasteiger partial charge in [0.2, 0.25) is 0 Å². The summed E-state index contributed by atoms with van der Waals surface area (Å²) in [5.74, 6) is 0.919. The lowest BCUT2D eigenvalue weighted by Gasteiger charge is -2.21. The maximum absolute atomic E-state index is 5.84. The van der Waals surface area contributed by atoms with Gasteiger partial charge in [-0.05, 0) is 39.0 Å². The van der Waals surface area contributed by atoms with Crippen LogP contribution in [0.1, 0.15) is 18.4 Å². The fourth-order valence-corrected chi connectivity index (χ4v) is 2.55. The van der Waals surface area contributed by atoms with E-state index >= 15 is 0 Å². The van der Waals surface area contributed by atoms with E-state index in [2.05, 4.69) is 16.8 Å². The van der Waals surface area contributed by atoms with Crippen molar-refractivity contribution in [2.24, 2.45) is 5.73 Å². The molecule has 1 aliphatic rings. The van der Waals surface area contributed by atoms with Crippen LogP contribution in [0, 0.1) is 0 Å². The van der Waals surface area contributed by atoms with Crippen LogP contribution in [0.25, 0.3) is 0 Å². The molecule has 20 heavy (non-hydrogen) atoms. The van der Waals surface area contributed by atoms with Crippen LogP contribution in [0.15, 0.2) is 24.3 Å². The number of ether oxygens (including phenoxy) is 1. The van der Waals surface area contributed by atoms with E-state index < -0.39 is 0 Å². The Morgan fingerprint density at radius 3 is 2.70 bits per heavy atom. The molecule has 2 N–H and O–H groups in total. The number of rotatable bonds is 8. The van der Waals surface area contributed by atoms with Crippen LogP contribution in [0.4, 0.5) is 0 Å². The smallest absolute Gasteiger partial charge is 0.123 e. The lowest BCUT2D eigenvalue weighted by atomic mass is 10.2. The van der Waals surface area contributed by atoms with Crippen LogP contribution in [0.5, 0.6) is 5.75 Å². The first-order chi connectivity index (χ1) is 9.79. The van der Waals surface area contributed by atoms with Crippen molar-refractivity contribution >= 4 is 0 Å². The monoisotopic (exact) mass is 277 g/mol. The molecule has 2 rings (SSSR count). The zero-order chi connectivity index (χ0) is 14.2. The zero-order valence-corrected chi connectivity index (χ0v) is 12.6. The molecule has 0 aliphatic carbocycles. The summed E-state index contributed by atoms with van der Waals surface area (Å²) in [5.41, 5.74) is 6.78. The first-order valence-corrected chi connectivity index (χ1v) is 7.61. The van der Waals surface area contributed by atoms with Gasteiger partial charge in [0.05, 0.1) is 0 Å². The van der Waals surface area contributed by atoms with Gasteiger partial charge in [0.25, 0.3) is 0 Å². The Morgan fingerprint density at radius 1 is 1.20 bits per heavy atom. The van der Waals surface area contributed by atoms with Gasteiger partial charge in [0, 0.05) is 31.7 Å². The van der Waals surface area contributed by atoms with Crippen LogP contribution >= 0.6 is 0 Å². The second-order valence-corrected chi connectivity index (χ2v) is 5.51. The van der Waals surface area contributed by atoms with E-state index in [4.69, 9.17) is 10.5 Å². The molecule has 1 heterocycles. The highest BCUT2D eigenvalue weighted by Gasteiger charge is 2.11. The highest BCUT2D eigenvalue weighted by atomic mass is 16.5. The van der Waals surface area contributed by atoms with E-state index in [0.29, 0.717) is 13.2 Å². The number of hydrogen-bond donors (Lipinski definition) is 1. The molecule has 0 radical (unpaired) electrons. The summed E-state index contributed by atoms with van der Waals surface area (Å²) in [4.78, 5) is 4.88. The number of likely N-dealkylation sites (tertiary alicyclic amines) is 1. The van der Waals surface area contributed by atoms with Crippen molar-refractivity contribution in [3.05, 3.63) is 29.8 Å². The Labute approximate surface area is 122 Å². The lowest BCUT2D eigenvalue weighted by Crippen LogP contribution is -2.33. The van der Waals surface area contributed by atoms with Gasteiger partial charge >= 0.3 is 0 Å². The molecule has 0 spiro atoms. The largest absolute Gasteiger partial charge is 0.492 e. The summed E-state index contributed by atoms with van der Waals surface area (Å²) in [6, 6.07) is 8.00. The summed E-state index contributed by atoms with van der Waals surface area (Å²) >= 11 is 0. The Kier molecular flexibility index (Phi) is 6.30. The molecule has 4 nitrogen and oxygen atoms in total. The fourth-order valence-electron chi connectivity index (χ4n) is 2.55. The Bertz CT molecular complexity index is 391. The number of hydrogen-bond acceptors (Lipinski definition) is 4. The standard InChI is InChI=1S/C16H27N3O/c1-18(10-11-19-8-4-5-9-19)12-13-20-16-7-3-2-6-15(16)14-17/h2-3,6-7H,4-5,8-14,17H2,1H3. The molecule has 0 saturated carbocycles. The molecule has 0 atom stereocenters. The zero-order valence-electron chi connectivity index (χ0n) is 12.6. The summed E-state index contributed by atoms with van der Waals surface area (Å²) in [6.45, 7) is 7.03. The van der Waals surface area contributed by atoms with Gasteiger partial charge in [-0.3, -0.25) is 0 Å². The van der Waals surface area contributed by atoms with E-state index in [1.165, 1.54) is 32.5 Å². The molecule has 1 fully saturated rings. The van der Waals surface area contributed by atoms with Crippen LogP contribution < -0.4 is 10.5 Å². The molecule has 0 unspecified atom stereocenters. The predicted octanol–water partition coefficient (Wildman–Crippen LogP) is 1.55. The van der Waals surface area contributed by atoms with E-state index in [-0.39, 0.29) is 0 Å². The highest BCUT2D eigenvalue weighted by Crippen LogP contribution is 2.16. The molecule has 0 amide bonds. The van der Waals surface area contributed by atoms with Gasteiger partial charge in [0.15, 0.2) is 0 Å². The quantitative estimate of drug-likeness (QED) is 0.783. The first kappa shape index (κ1) is 15.3. The molecule has 1 saturated heterocycles. The van der Waals surface area contributed by atoms with Gasteiger partial charge in [-0.25, -0.2) is 0 Å². The summed E-state index contributed by atoms with van der Waals surface area (Å²) in [7, 11) is 2.16. The molecular formula is C16H27N3O. The number of benzene rings is 1. The number of nitrogens with two attached hydrogens (primary N) is 1. The highest BCUT2D eigenvalue weighted by molar-refractivity contribution is 5.32. The maximum Gasteiger partial charge on any atom is 0.123 e. The minimum Gasteiger partial charge on any atom is -0.492 e. The van der Waals surface area contributed by atoms with Crippen molar-refractivity contribution in [1.29, 1.82) is 0 Å². The van der Waals surface area contributed by atoms with Crippen LogP contribution in [0.2, 0.25) is 0 Å². The molecule has 4 heteroatoms. The third kappa shape index (κ3) is 4.78. The molecular weight excluding hydrogens is 250 g/mol. The number of likely N-dealkylation sites (N-methyl/N-ethyl adjacent to an activating group) is 1. The van der Waals surface area contributed by atoms with Crippen molar-refractivity contribution in [2.75, 3.05) is 46.4 Å². The van der Waals surface area contributed by atoms with E-state index in [0.717, 1.165) is 24.4 Å². The van der Waals surface area contributed by atoms with Gasteiger partial charge in [0.1, 0.15) is 12.4 Å². The Morgan fingerprint density at radius 2 is 1.95 bits per heavy atom. The van der Waals surface area contributed by atoms with E-state index in [1.54, 1.807) is 0 Å². The Hall–Kier alpha value is -1.10. The SMILES string of the molecule is CN(CCOc1ccccc1CN)CCN1CCCC1. The van der Waals surface area contributed by atoms with Crippen molar-refractivity contribution < 1.29 is 4.74 Å². The minimum absolute atomic E-state index is 0.529. The summed E-state index contributed by atoms with van der Waals surface area (Å²) in [6.07, 6.45) is 2.73. The van der Waals surface area contributed by atoms with Crippen molar-refractivity contribution in [1.82, 2.24) is 9.80 Å². The molecule has 0 bridgehead atoms. The van der Waals surface area contributed by atoms with Gasteiger partial charge < -0.3 is 20.3 Å². The summed E-state index contributed by atoms with van der Waals surface area (Å²) < 4.78 is 5.84. The second-order valence-electron chi connectivity index (χ2n) is 5.51. The van der Waals surface area contributed by atoms with Gasteiger partial charge in [-0.1, -0.05) is 18.2 Å². The third-order valence-electron chi connectivity index (χ3n) is 3.92. The van der Waals surface area contributed by atoms with Crippen molar-refractivity contribution in [3.63, 3.8) is 0 Å². The first-order valence-electron chi connectivity index (χ1n) is 7.61. The van der Waals surface area contributed by atoms with Gasteiger partial charge in [-0.15, -0.1) is 0 Å². The second kappa shape index (κ2) is 8.25. The minimum atomic E-state index is 0.529. The Balaban J connectivity index is 1.64. The lowest BCUT2D eigenvalue weighted by molar-refractivity contribution is 0.212. The van der Waals surface area contributed by atoms with Crippen LogP contribution in [-0.4, -0.2) is 56.2 Å². The molecule has 1 aromatic rings. The van der Waals surface area contributed by atoms with E-state index in [1.807, 2.05) is 24.3 Å². The normalized spacial score (nSPS) is 15.9. The fraction of sp³-hybridized carbons (Fsp3) is 0.625. The van der Waals surface area contributed by atoms with Gasteiger partial charge in [-0.2, -0.15) is 0 Å². The van der Waals surface area contributed by atoms with Crippen molar-refractivity contribution in [2.45, 2.75) is 19.4 Å². The van der Waals surface area contributed by atoms with Crippen LogP contribution in [-0.2, 0) is 6.54 Å².